The number of rotatable bonds is 35. The van der Waals surface area contributed by atoms with Crippen molar-refractivity contribution in [3.05, 3.63) is 24.3 Å². The molecule has 0 heterocycles. The van der Waals surface area contributed by atoms with E-state index in [0.29, 0.717) is 26.1 Å². The van der Waals surface area contributed by atoms with Crippen LogP contribution in [0.5, 0.6) is 0 Å². The van der Waals surface area contributed by atoms with Crippen LogP contribution in [0.25, 0.3) is 0 Å². The zero-order valence-electron chi connectivity index (χ0n) is 29.8. The highest BCUT2D eigenvalue weighted by atomic mass is 33.1. The van der Waals surface area contributed by atoms with Crippen LogP contribution in [0.1, 0.15) is 181 Å². The number of hydrogen-bond acceptors (Lipinski definition) is 6. The quantitative estimate of drug-likeness (QED) is 0.0290. The fourth-order valence-electron chi connectivity index (χ4n) is 5.24. The van der Waals surface area contributed by atoms with Gasteiger partial charge in [0.05, 0.1) is 0 Å². The van der Waals surface area contributed by atoms with Gasteiger partial charge in [-0.1, -0.05) is 157 Å². The Morgan fingerprint density at radius 2 is 0.956 bits per heavy atom. The fourth-order valence-corrected chi connectivity index (χ4v) is 7.87. The highest BCUT2D eigenvalue weighted by molar-refractivity contribution is 8.76. The number of allylic oxidation sites excluding steroid dienone is 2. The standard InChI is InChI=1S/C39H72O4S2/c1-4-7-9-11-13-21-27-33-42-38(40)31-25-19-15-17-23-29-37(36-45-44-35-6-3)30-24-18-16-20-26-32-39(41)43-34-28-22-14-12-10-8-5-2/h21-22,27-28,37H,4-20,23-26,29-36H2,1-3H3/b27-21-,28-22-. The van der Waals surface area contributed by atoms with Gasteiger partial charge >= 0.3 is 11.9 Å². The molecule has 0 aromatic carbocycles. The van der Waals surface area contributed by atoms with Gasteiger partial charge in [-0.25, -0.2) is 0 Å². The average Bonchev–Trinajstić information content (AvgIpc) is 3.04. The van der Waals surface area contributed by atoms with Crippen LogP contribution in [0.15, 0.2) is 24.3 Å². The van der Waals surface area contributed by atoms with Crippen molar-refractivity contribution in [2.75, 3.05) is 24.7 Å². The zero-order valence-corrected chi connectivity index (χ0v) is 31.5. The summed E-state index contributed by atoms with van der Waals surface area (Å²) in [5.41, 5.74) is 0. The zero-order chi connectivity index (χ0) is 32.9. The molecule has 4 nitrogen and oxygen atoms in total. The Balaban J connectivity index is 3.86. The molecular weight excluding hydrogens is 597 g/mol. The molecule has 6 heteroatoms. The molecule has 0 N–H and O–H groups in total. The topological polar surface area (TPSA) is 52.6 Å². The lowest BCUT2D eigenvalue weighted by molar-refractivity contribution is -0.143. The largest absolute Gasteiger partial charge is 0.461 e. The molecule has 0 radical (unpaired) electrons. The Hall–Kier alpha value is -0.880. The van der Waals surface area contributed by atoms with E-state index in [1.54, 1.807) is 0 Å². The molecule has 0 aromatic heterocycles. The Bertz CT molecular complexity index is 643. The molecule has 45 heavy (non-hydrogen) atoms. The van der Waals surface area contributed by atoms with E-state index in [1.165, 1.54) is 121 Å². The summed E-state index contributed by atoms with van der Waals surface area (Å²) in [4.78, 5) is 23.9. The van der Waals surface area contributed by atoms with Crippen LogP contribution in [0.2, 0.25) is 0 Å². The Kier molecular flexibility index (Phi) is 36.8. The smallest absolute Gasteiger partial charge is 0.306 e. The lowest BCUT2D eigenvalue weighted by Crippen LogP contribution is -2.05. The first-order chi connectivity index (χ1) is 22.1. The molecule has 0 aromatic rings. The van der Waals surface area contributed by atoms with Crippen molar-refractivity contribution in [2.45, 2.75) is 181 Å². The minimum atomic E-state index is -0.0524. The molecule has 0 saturated heterocycles. The average molecular weight is 669 g/mol. The molecule has 0 aliphatic heterocycles. The molecule has 0 fully saturated rings. The van der Waals surface area contributed by atoms with Gasteiger partial charge in [-0.05, 0) is 63.7 Å². The Labute approximate surface area is 287 Å². The maximum Gasteiger partial charge on any atom is 0.306 e. The van der Waals surface area contributed by atoms with Crippen molar-refractivity contribution >= 4 is 33.5 Å². The predicted molar refractivity (Wildman–Crippen MR) is 201 cm³/mol. The van der Waals surface area contributed by atoms with E-state index >= 15 is 0 Å². The molecule has 0 aliphatic rings. The summed E-state index contributed by atoms with van der Waals surface area (Å²) in [7, 11) is 4.10. The maximum atomic E-state index is 12.0. The van der Waals surface area contributed by atoms with Gasteiger partial charge in [0.15, 0.2) is 0 Å². The van der Waals surface area contributed by atoms with E-state index in [1.807, 2.05) is 22.9 Å². The summed E-state index contributed by atoms with van der Waals surface area (Å²) >= 11 is 0. The first-order valence-electron chi connectivity index (χ1n) is 19.0. The summed E-state index contributed by atoms with van der Waals surface area (Å²) in [6.07, 6.45) is 37.3. The van der Waals surface area contributed by atoms with Gasteiger partial charge in [-0.2, -0.15) is 0 Å². The normalized spacial score (nSPS) is 11.7. The summed E-state index contributed by atoms with van der Waals surface area (Å²) in [6, 6.07) is 0. The van der Waals surface area contributed by atoms with Crippen LogP contribution in [-0.4, -0.2) is 36.7 Å². The van der Waals surface area contributed by atoms with Crippen molar-refractivity contribution in [3.63, 3.8) is 0 Å². The second-order valence-corrected chi connectivity index (χ2v) is 15.2. The molecule has 0 spiro atoms. The van der Waals surface area contributed by atoms with Gasteiger partial charge in [0.2, 0.25) is 0 Å². The van der Waals surface area contributed by atoms with Crippen LogP contribution in [-0.2, 0) is 19.1 Å². The van der Waals surface area contributed by atoms with Crippen molar-refractivity contribution in [3.8, 4) is 0 Å². The summed E-state index contributed by atoms with van der Waals surface area (Å²) in [6.45, 7) is 7.56. The SMILES string of the molecule is CCCCCC/C=C\COC(=O)CCCCCCCC(CCCCCCCC(=O)OC/C=C\CCCCCC)CSSCCC. The molecule has 0 amide bonds. The van der Waals surface area contributed by atoms with Gasteiger partial charge in [-0.15, -0.1) is 0 Å². The highest BCUT2D eigenvalue weighted by Crippen LogP contribution is 2.29. The van der Waals surface area contributed by atoms with E-state index < -0.39 is 0 Å². The van der Waals surface area contributed by atoms with Gasteiger partial charge in [0.1, 0.15) is 13.2 Å². The molecule has 0 unspecified atom stereocenters. The number of carbonyl (C=O) groups excluding carboxylic acids is 2. The van der Waals surface area contributed by atoms with Crippen molar-refractivity contribution in [1.29, 1.82) is 0 Å². The first-order valence-corrected chi connectivity index (χ1v) is 21.5. The van der Waals surface area contributed by atoms with Crippen LogP contribution >= 0.6 is 21.6 Å². The summed E-state index contributed by atoms with van der Waals surface area (Å²) in [5, 5.41) is 0. The third-order valence-electron chi connectivity index (χ3n) is 8.12. The summed E-state index contributed by atoms with van der Waals surface area (Å²) < 4.78 is 10.7. The molecule has 0 aliphatic carbocycles. The van der Waals surface area contributed by atoms with Crippen molar-refractivity contribution in [1.82, 2.24) is 0 Å². The molecule has 264 valence electrons. The van der Waals surface area contributed by atoms with Crippen molar-refractivity contribution in [2.24, 2.45) is 5.92 Å². The molecular formula is C39H72O4S2. The Morgan fingerprint density at radius 3 is 1.42 bits per heavy atom. The minimum absolute atomic E-state index is 0.0524. The molecule has 0 saturated carbocycles. The molecule has 0 bridgehead atoms. The highest BCUT2D eigenvalue weighted by Gasteiger charge is 2.10. The minimum Gasteiger partial charge on any atom is -0.461 e. The number of esters is 2. The van der Waals surface area contributed by atoms with E-state index in [4.69, 9.17) is 9.47 Å². The number of hydrogen-bond donors (Lipinski definition) is 0. The Morgan fingerprint density at radius 1 is 0.511 bits per heavy atom. The number of ether oxygens (including phenoxy) is 2. The van der Waals surface area contributed by atoms with Gasteiger partial charge < -0.3 is 9.47 Å². The summed E-state index contributed by atoms with van der Waals surface area (Å²) in [5.74, 6) is 3.21. The number of carbonyl (C=O) groups is 2. The number of unbranched alkanes of at least 4 members (excludes halogenated alkanes) is 16. The molecule has 0 atom stereocenters. The maximum absolute atomic E-state index is 12.0. The monoisotopic (exact) mass is 668 g/mol. The first kappa shape index (κ1) is 44.1. The third kappa shape index (κ3) is 35.8. The lowest BCUT2D eigenvalue weighted by Gasteiger charge is -2.16. The second-order valence-electron chi connectivity index (χ2n) is 12.6. The third-order valence-corrected chi connectivity index (χ3v) is 10.9. The van der Waals surface area contributed by atoms with Crippen LogP contribution in [0, 0.1) is 5.92 Å². The second kappa shape index (κ2) is 37.6. The fraction of sp³-hybridized carbons (Fsp3) is 0.846. The van der Waals surface area contributed by atoms with E-state index in [9.17, 15) is 9.59 Å². The van der Waals surface area contributed by atoms with E-state index in [0.717, 1.165) is 44.4 Å². The predicted octanol–water partition coefficient (Wildman–Crippen LogP) is 13.0. The lowest BCUT2D eigenvalue weighted by atomic mass is 9.95. The van der Waals surface area contributed by atoms with Crippen molar-refractivity contribution < 1.29 is 19.1 Å². The van der Waals surface area contributed by atoms with Crippen LogP contribution < -0.4 is 0 Å². The van der Waals surface area contributed by atoms with Crippen LogP contribution in [0.3, 0.4) is 0 Å². The molecule has 0 rings (SSSR count). The van der Waals surface area contributed by atoms with E-state index in [2.05, 4.69) is 43.7 Å². The van der Waals surface area contributed by atoms with Crippen LogP contribution in [0.4, 0.5) is 0 Å². The van der Waals surface area contributed by atoms with Gasteiger partial charge in [0.25, 0.3) is 0 Å². The van der Waals surface area contributed by atoms with Gasteiger partial charge in [-0.3, -0.25) is 9.59 Å². The van der Waals surface area contributed by atoms with Gasteiger partial charge in [0, 0.05) is 24.3 Å². The van der Waals surface area contributed by atoms with E-state index in [-0.39, 0.29) is 11.9 Å².